The van der Waals surface area contributed by atoms with Crippen LogP contribution in [0.5, 0.6) is 0 Å². The molecule has 1 aliphatic rings. The van der Waals surface area contributed by atoms with Crippen molar-refractivity contribution in [1.82, 2.24) is 9.97 Å². The van der Waals surface area contributed by atoms with Gasteiger partial charge in [-0.25, -0.2) is 4.98 Å². The fourth-order valence-electron chi connectivity index (χ4n) is 3.15. The molecule has 1 saturated heterocycles. The second-order valence-corrected chi connectivity index (χ2v) is 5.72. The number of H-pyrrole nitrogens is 1. The van der Waals surface area contributed by atoms with E-state index in [1.807, 2.05) is 6.20 Å². The molecule has 0 bridgehead atoms. The molecular weight excluding hydrogens is 274 g/mol. The second kappa shape index (κ2) is 5.46. The van der Waals surface area contributed by atoms with Gasteiger partial charge >= 0.3 is 0 Å². The van der Waals surface area contributed by atoms with E-state index < -0.39 is 0 Å². The number of fused-ring (bicyclic) bond motifs is 1. The lowest BCUT2D eigenvalue weighted by molar-refractivity contribution is 0.123. The number of nitrogens with one attached hydrogen (secondary N) is 1. The van der Waals surface area contributed by atoms with E-state index in [2.05, 4.69) is 58.3 Å². The number of aromatic amines is 1. The summed E-state index contributed by atoms with van der Waals surface area (Å²) in [7, 11) is 0. The zero-order chi connectivity index (χ0) is 14.9. The van der Waals surface area contributed by atoms with Gasteiger partial charge in [-0.1, -0.05) is 29.8 Å². The molecule has 0 radical (unpaired) electrons. The van der Waals surface area contributed by atoms with E-state index in [1.165, 1.54) is 27.8 Å². The van der Waals surface area contributed by atoms with Gasteiger partial charge in [-0.15, -0.1) is 0 Å². The van der Waals surface area contributed by atoms with Gasteiger partial charge in [-0.3, -0.25) is 0 Å². The summed E-state index contributed by atoms with van der Waals surface area (Å²) in [6, 6.07) is 10.7. The number of pyridine rings is 1. The number of anilines is 1. The van der Waals surface area contributed by atoms with E-state index >= 15 is 0 Å². The molecule has 2 aromatic heterocycles. The number of rotatable bonds is 2. The zero-order valence-corrected chi connectivity index (χ0v) is 12.7. The molecule has 1 fully saturated rings. The number of aryl methyl sites for hydroxylation is 1. The highest BCUT2D eigenvalue weighted by Gasteiger charge is 2.18. The molecule has 4 nitrogen and oxygen atoms in total. The molecule has 1 aromatic carbocycles. The third-order valence-electron chi connectivity index (χ3n) is 4.23. The largest absolute Gasteiger partial charge is 0.378 e. The highest BCUT2D eigenvalue weighted by atomic mass is 16.5. The van der Waals surface area contributed by atoms with E-state index in [0.29, 0.717) is 0 Å². The summed E-state index contributed by atoms with van der Waals surface area (Å²) in [4.78, 5) is 10.2. The van der Waals surface area contributed by atoms with Gasteiger partial charge in [-0.2, -0.15) is 0 Å². The minimum Gasteiger partial charge on any atom is -0.378 e. The topological polar surface area (TPSA) is 41.2 Å². The Bertz CT molecular complexity index is 803. The highest BCUT2D eigenvalue weighted by Crippen LogP contribution is 2.35. The molecule has 0 saturated carbocycles. The maximum absolute atomic E-state index is 5.48. The molecule has 22 heavy (non-hydrogen) atoms. The van der Waals surface area contributed by atoms with Crippen LogP contribution in [-0.4, -0.2) is 36.3 Å². The average molecular weight is 293 g/mol. The van der Waals surface area contributed by atoms with Gasteiger partial charge in [0.15, 0.2) is 0 Å². The predicted octanol–water partition coefficient (Wildman–Crippen LogP) is 3.37. The van der Waals surface area contributed by atoms with Crippen LogP contribution in [0.1, 0.15) is 5.56 Å². The summed E-state index contributed by atoms with van der Waals surface area (Å²) in [5, 5.41) is 1.20. The molecular formula is C18H19N3O. The molecule has 0 unspecified atom stereocenters. The van der Waals surface area contributed by atoms with E-state index in [9.17, 15) is 0 Å². The monoisotopic (exact) mass is 293 g/mol. The van der Waals surface area contributed by atoms with Crippen molar-refractivity contribution in [2.24, 2.45) is 0 Å². The maximum Gasteiger partial charge on any atom is 0.139 e. The number of nitrogens with zero attached hydrogens (tertiary/aromatic N) is 2. The standard InChI is InChI=1S/C18H19N3O/c1-13-3-2-4-14(11-13)15-12-20-18-17(15)16(5-6-19-18)21-7-9-22-10-8-21/h2-6,11-12H,7-10H2,1H3,(H,19,20). The number of hydrogen-bond acceptors (Lipinski definition) is 3. The van der Waals surface area contributed by atoms with Crippen LogP contribution >= 0.6 is 0 Å². The minimum atomic E-state index is 0.786. The molecule has 3 aromatic rings. The Morgan fingerprint density at radius 1 is 1.18 bits per heavy atom. The summed E-state index contributed by atoms with van der Waals surface area (Å²) in [5.74, 6) is 0. The van der Waals surface area contributed by atoms with Crippen LogP contribution in [-0.2, 0) is 4.74 Å². The lowest BCUT2D eigenvalue weighted by Gasteiger charge is -2.29. The van der Waals surface area contributed by atoms with Crippen LogP contribution in [0.4, 0.5) is 5.69 Å². The van der Waals surface area contributed by atoms with Crippen molar-refractivity contribution in [3.63, 3.8) is 0 Å². The number of ether oxygens (including phenoxy) is 1. The van der Waals surface area contributed by atoms with Crippen molar-refractivity contribution in [3.8, 4) is 11.1 Å². The van der Waals surface area contributed by atoms with Crippen LogP contribution in [0.2, 0.25) is 0 Å². The van der Waals surface area contributed by atoms with E-state index in [4.69, 9.17) is 4.74 Å². The van der Waals surface area contributed by atoms with Gasteiger partial charge < -0.3 is 14.6 Å². The normalized spacial score (nSPS) is 15.4. The summed E-state index contributed by atoms with van der Waals surface area (Å²) >= 11 is 0. The fourth-order valence-corrected chi connectivity index (χ4v) is 3.15. The Hall–Kier alpha value is -2.33. The van der Waals surface area contributed by atoms with E-state index in [1.54, 1.807) is 0 Å². The second-order valence-electron chi connectivity index (χ2n) is 5.72. The summed E-state index contributed by atoms with van der Waals surface area (Å²) in [6.45, 7) is 5.55. The number of hydrogen-bond donors (Lipinski definition) is 1. The molecule has 4 heteroatoms. The van der Waals surface area contributed by atoms with Crippen LogP contribution in [0.3, 0.4) is 0 Å². The molecule has 3 heterocycles. The Balaban J connectivity index is 1.89. The van der Waals surface area contributed by atoms with Crippen LogP contribution in [0.25, 0.3) is 22.2 Å². The molecule has 0 aliphatic carbocycles. The van der Waals surface area contributed by atoms with Crippen molar-refractivity contribution >= 4 is 16.7 Å². The van der Waals surface area contributed by atoms with Crippen molar-refractivity contribution in [3.05, 3.63) is 48.3 Å². The van der Waals surface area contributed by atoms with Crippen molar-refractivity contribution < 1.29 is 4.74 Å². The summed E-state index contributed by atoms with van der Waals surface area (Å²) in [5.41, 5.74) is 5.90. The van der Waals surface area contributed by atoms with Gasteiger partial charge in [0.2, 0.25) is 0 Å². The van der Waals surface area contributed by atoms with Crippen molar-refractivity contribution in [2.75, 3.05) is 31.2 Å². The van der Waals surface area contributed by atoms with Gasteiger partial charge in [0, 0.05) is 36.4 Å². The van der Waals surface area contributed by atoms with Gasteiger partial charge in [0.05, 0.1) is 18.9 Å². The van der Waals surface area contributed by atoms with Crippen molar-refractivity contribution in [1.29, 1.82) is 0 Å². The SMILES string of the molecule is Cc1cccc(-c2c[nH]c3nccc(N4CCOCC4)c23)c1. The predicted molar refractivity (Wildman–Crippen MR) is 89.3 cm³/mol. The first-order valence-corrected chi connectivity index (χ1v) is 7.69. The first-order valence-electron chi connectivity index (χ1n) is 7.69. The number of benzene rings is 1. The molecule has 0 amide bonds. The van der Waals surface area contributed by atoms with Gasteiger partial charge in [0.25, 0.3) is 0 Å². The van der Waals surface area contributed by atoms with Crippen LogP contribution in [0, 0.1) is 6.92 Å². The average Bonchev–Trinajstić information content (AvgIpc) is 3.00. The van der Waals surface area contributed by atoms with Gasteiger partial charge in [-0.05, 0) is 18.6 Å². The molecule has 112 valence electrons. The molecule has 1 N–H and O–H groups in total. The molecule has 1 aliphatic heterocycles. The minimum absolute atomic E-state index is 0.786. The number of morpholine rings is 1. The smallest absolute Gasteiger partial charge is 0.139 e. The van der Waals surface area contributed by atoms with E-state index in [0.717, 1.165) is 32.0 Å². The Morgan fingerprint density at radius 2 is 2.05 bits per heavy atom. The summed E-state index contributed by atoms with van der Waals surface area (Å²) in [6.07, 6.45) is 3.94. The summed E-state index contributed by atoms with van der Waals surface area (Å²) < 4.78 is 5.48. The Labute approximate surface area is 129 Å². The third-order valence-corrected chi connectivity index (χ3v) is 4.23. The van der Waals surface area contributed by atoms with Crippen molar-refractivity contribution in [2.45, 2.75) is 6.92 Å². The Morgan fingerprint density at radius 3 is 2.86 bits per heavy atom. The van der Waals surface area contributed by atoms with Crippen LogP contribution < -0.4 is 4.90 Å². The maximum atomic E-state index is 5.48. The zero-order valence-electron chi connectivity index (χ0n) is 12.7. The number of aromatic nitrogens is 2. The molecule has 0 atom stereocenters. The first kappa shape index (κ1) is 13.3. The van der Waals surface area contributed by atoms with E-state index in [-0.39, 0.29) is 0 Å². The third kappa shape index (κ3) is 2.25. The molecule has 4 rings (SSSR count). The lowest BCUT2D eigenvalue weighted by Crippen LogP contribution is -2.36. The fraction of sp³-hybridized carbons (Fsp3) is 0.278. The molecule has 0 spiro atoms. The van der Waals surface area contributed by atoms with Gasteiger partial charge in [0.1, 0.15) is 5.65 Å². The lowest BCUT2D eigenvalue weighted by atomic mass is 10.0. The highest BCUT2D eigenvalue weighted by molar-refractivity contribution is 6.02. The quantitative estimate of drug-likeness (QED) is 0.787. The first-order chi connectivity index (χ1) is 10.8. The Kier molecular flexibility index (Phi) is 3.31. The van der Waals surface area contributed by atoms with Crippen LogP contribution in [0.15, 0.2) is 42.7 Å².